The van der Waals surface area contributed by atoms with E-state index in [1.165, 1.54) is 0 Å². The van der Waals surface area contributed by atoms with Crippen LogP contribution in [-0.4, -0.2) is 20.1 Å². The van der Waals surface area contributed by atoms with Crippen LogP contribution in [0.15, 0.2) is 0 Å². The summed E-state index contributed by atoms with van der Waals surface area (Å²) < 4.78 is 29.7. The SMILES string of the molecule is COS(=O)(=O)O.I. The third-order valence-corrected chi connectivity index (χ3v) is 0.632. The first-order valence-corrected chi connectivity index (χ1v) is 2.46. The van der Waals surface area contributed by atoms with Crippen LogP contribution in [0, 0.1) is 0 Å². The standard InChI is InChI=1S/CH4O4S.HI/c1-5-6(2,3)4;/h1H3,(H,2,3,4);1H. The number of hydrogen-bond acceptors (Lipinski definition) is 3. The average molecular weight is 240 g/mol. The molecule has 7 heavy (non-hydrogen) atoms. The van der Waals surface area contributed by atoms with E-state index in [2.05, 4.69) is 4.18 Å². The summed E-state index contributed by atoms with van der Waals surface area (Å²) >= 11 is 0. The lowest BCUT2D eigenvalue weighted by Crippen LogP contribution is -1.96. The molecule has 0 saturated carbocycles. The van der Waals surface area contributed by atoms with Gasteiger partial charge in [-0.15, -0.1) is 24.0 Å². The van der Waals surface area contributed by atoms with Gasteiger partial charge in [0.1, 0.15) is 0 Å². The van der Waals surface area contributed by atoms with E-state index in [0.29, 0.717) is 0 Å². The molecule has 1 N–H and O–H groups in total. The summed E-state index contributed by atoms with van der Waals surface area (Å²) in [5, 5.41) is 0. The average Bonchev–Trinajstić information content (AvgIpc) is 1.35. The maximum absolute atomic E-state index is 9.33. The van der Waals surface area contributed by atoms with E-state index in [-0.39, 0.29) is 24.0 Å². The largest absolute Gasteiger partial charge is 0.397 e. The van der Waals surface area contributed by atoms with Crippen LogP contribution in [0.5, 0.6) is 0 Å². The second kappa shape index (κ2) is 3.58. The molecule has 0 fully saturated rings. The Kier molecular flexibility index (Phi) is 5.40. The van der Waals surface area contributed by atoms with Crippen molar-refractivity contribution in [1.29, 1.82) is 0 Å². The summed E-state index contributed by atoms with van der Waals surface area (Å²) in [6.45, 7) is 0. The lowest BCUT2D eigenvalue weighted by molar-refractivity contribution is 0.324. The quantitative estimate of drug-likeness (QED) is 0.519. The van der Waals surface area contributed by atoms with Crippen molar-refractivity contribution in [2.45, 2.75) is 0 Å². The normalized spacial score (nSPS) is 10.0. The van der Waals surface area contributed by atoms with Crippen molar-refractivity contribution in [1.82, 2.24) is 0 Å². The fraction of sp³-hybridized carbons (Fsp3) is 1.00. The van der Waals surface area contributed by atoms with Gasteiger partial charge in [-0.3, -0.25) is 8.74 Å². The fourth-order valence-corrected chi connectivity index (χ4v) is 0. The van der Waals surface area contributed by atoms with Crippen LogP contribution < -0.4 is 0 Å². The maximum atomic E-state index is 9.33. The van der Waals surface area contributed by atoms with Gasteiger partial charge in [0.2, 0.25) is 0 Å². The molecular formula is CH5IO4S. The molecule has 0 unspecified atom stereocenters. The Labute approximate surface area is 58.8 Å². The van der Waals surface area contributed by atoms with Gasteiger partial charge in [-0.25, -0.2) is 0 Å². The molecule has 0 saturated heterocycles. The predicted molar refractivity (Wildman–Crippen MR) is 34.0 cm³/mol. The predicted octanol–water partition coefficient (Wildman–Crippen LogP) is 0.0536. The number of halogens is 1. The monoisotopic (exact) mass is 240 g/mol. The molecule has 6 heteroatoms. The van der Waals surface area contributed by atoms with Crippen LogP contribution in [0.2, 0.25) is 0 Å². The molecular weight excluding hydrogens is 235 g/mol. The second-order valence-corrected chi connectivity index (χ2v) is 1.78. The zero-order valence-corrected chi connectivity index (χ0v) is 6.64. The second-order valence-electron chi connectivity index (χ2n) is 0.594. The van der Waals surface area contributed by atoms with Crippen LogP contribution in [0.3, 0.4) is 0 Å². The minimum absolute atomic E-state index is 0. The van der Waals surface area contributed by atoms with Gasteiger partial charge in [0.05, 0.1) is 7.11 Å². The fourth-order valence-electron chi connectivity index (χ4n) is 0. The van der Waals surface area contributed by atoms with E-state index >= 15 is 0 Å². The van der Waals surface area contributed by atoms with Crippen molar-refractivity contribution < 1.29 is 17.2 Å². The zero-order chi connectivity index (χ0) is 5.21. The first kappa shape index (κ1) is 10.6. The van der Waals surface area contributed by atoms with E-state index in [0.717, 1.165) is 7.11 Å². The zero-order valence-electron chi connectivity index (χ0n) is 3.49. The third kappa shape index (κ3) is 10.8. The van der Waals surface area contributed by atoms with Gasteiger partial charge in [-0.05, 0) is 0 Å². The molecule has 0 aliphatic heterocycles. The Morgan fingerprint density at radius 1 is 1.57 bits per heavy atom. The van der Waals surface area contributed by atoms with Crippen molar-refractivity contribution in [2.75, 3.05) is 7.11 Å². The Hall–Kier alpha value is 0.600. The third-order valence-electron chi connectivity index (χ3n) is 0.211. The smallest absolute Gasteiger partial charge is 0.264 e. The van der Waals surface area contributed by atoms with Gasteiger partial charge in [0.15, 0.2) is 0 Å². The van der Waals surface area contributed by atoms with Crippen LogP contribution >= 0.6 is 24.0 Å². The molecule has 0 aromatic rings. The highest BCUT2D eigenvalue weighted by Gasteiger charge is 1.93. The van der Waals surface area contributed by atoms with Crippen LogP contribution in [0.1, 0.15) is 0 Å². The molecule has 0 aliphatic carbocycles. The summed E-state index contributed by atoms with van der Waals surface area (Å²) in [4.78, 5) is 0. The number of rotatable bonds is 1. The van der Waals surface area contributed by atoms with Crippen molar-refractivity contribution in [2.24, 2.45) is 0 Å². The Bertz CT molecular complexity index is 114. The molecule has 0 rings (SSSR count). The molecule has 0 aromatic heterocycles. The first-order chi connectivity index (χ1) is 2.56. The minimum Gasteiger partial charge on any atom is -0.264 e. The molecule has 46 valence electrons. The summed E-state index contributed by atoms with van der Waals surface area (Å²) in [7, 11) is -3.29. The topological polar surface area (TPSA) is 63.6 Å². The lowest BCUT2D eigenvalue weighted by Gasteiger charge is -1.82. The van der Waals surface area contributed by atoms with Gasteiger partial charge in [0, 0.05) is 0 Å². The van der Waals surface area contributed by atoms with Gasteiger partial charge < -0.3 is 0 Å². The Morgan fingerprint density at radius 3 is 1.71 bits per heavy atom. The molecule has 0 bridgehead atoms. The Balaban J connectivity index is 0. The van der Waals surface area contributed by atoms with Gasteiger partial charge in [-0.2, -0.15) is 8.42 Å². The van der Waals surface area contributed by atoms with Crippen molar-refractivity contribution in [3.63, 3.8) is 0 Å². The molecule has 0 aromatic carbocycles. The maximum Gasteiger partial charge on any atom is 0.397 e. The lowest BCUT2D eigenvalue weighted by atomic mass is 11.8. The summed E-state index contributed by atoms with van der Waals surface area (Å²) in [5.41, 5.74) is 0. The van der Waals surface area contributed by atoms with Crippen LogP contribution in [0.25, 0.3) is 0 Å². The molecule has 0 heterocycles. The van der Waals surface area contributed by atoms with Crippen molar-refractivity contribution in [3.05, 3.63) is 0 Å². The summed E-state index contributed by atoms with van der Waals surface area (Å²) in [6, 6.07) is 0. The van der Waals surface area contributed by atoms with E-state index in [1.807, 2.05) is 0 Å². The molecule has 4 nitrogen and oxygen atoms in total. The van der Waals surface area contributed by atoms with Crippen LogP contribution in [-0.2, 0) is 14.6 Å². The molecule has 0 aliphatic rings. The van der Waals surface area contributed by atoms with Gasteiger partial charge in [0.25, 0.3) is 0 Å². The van der Waals surface area contributed by atoms with E-state index in [4.69, 9.17) is 4.55 Å². The van der Waals surface area contributed by atoms with Gasteiger partial charge in [-0.1, -0.05) is 0 Å². The molecule has 0 spiro atoms. The summed E-state index contributed by atoms with van der Waals surface area (Å²) in [5.74, 6) is 0. The first-order valence-electron chi connectivity index (χ1n) is 1.09. The van der Waals surface area contributed by atoms with Gasteiger partial charge >= 0.3 is 10.4 Å². The summed E-state index contributed by atoms with van der Waals surface area (Å²) in [6.07, 6.45) is 0. The molecule has 0 amide bonds. The molecule has 0 radical (unpaired) electrons. The Morgan fingerprint density at radius 2 is 1.71 bits per heavy atom. The number of hydrogen-bond donors (Lipinski definition) is 1. The van der Waals surface area contributed by atoms with Crippen molar-refractivity contribution >= 4 is 34.4 Å². The highest BCUT2D eigenvalue weighted by atomic mass is 127. The van der Waals surface area contributed by atoms with E-state index in [9.17, 15) is 8.42 Å². The van der Waals surface area contributed by atoms with Crippen molar-refractivity contribution in [3.8, 4) is 0 Å². The van der Waals surface area contributed by atoms with E-state index < -0.39 is 10.4 Å². The van der Waals surface area contributed by atoms with E-state index in [1.54, 1.807) is 0 Å². The molecule has 0 atom stereocenters. The minimum atomic E-state index is -4.16. The highest BCUT2D eigenvalue weighted by molar-refractivity contribution is 14.0. The van der Waals surface area contributed by atoms with Crippen LogP contribution in [0.4, 0.5) is 0 Å². The highest BCUT2D eigenvalue weighted by Crippen LogP contribution is 1.74.